The van der Waals surface area contributed by atoms with Crippen molar-refractivity contribution in [1.29, 1.82) is 0 Å². The number of nitrogens with two attached hydrogens (primary N) is 1. The Balaban J connectivity index is 1.89. The first-order valence-electron chi connectivity index (χ1n) is 9.26. The van der Waals surface area contributed by atoms with Gasteiger partial charge in [-0.05, 0) is 38.8 Å². The van der Waals surface area contributed by atoms with Crippen molar-refractivity contribution >= 4 is 17.0 Å². The highest BCUT2D eigenvalue weighted by molar-refractivity contribution is 5.94. The number of anilines is 1. The van der Waals surface area contributed by atoms with E-state index >= 15 is 0 Å². The molecule has 0 aromatic carbocycles. The minimum atomic E-state index is -1.05. The van der Waals surface area contributed by atoms with Crippen LogP contribution < -0.4 is 5.73 Å². The summed E-state index contributed by atoms with van der Waals surface area (Å²) in [6.07, 6.45) is 10.4. The van der Waals surface area contributed by atoms with Gasteiger partial charge in [-0.1, -0.05) is 24.7 Å². The summed E-state index contributed by atoms with van der Waals surface area (Å²) in [6, 6.07) is 4.33. The SMILES string of the molecule is CC(C)(O)C#Cc1cnc2c(c1)c(-c1ccnc(N)n1)cn2C1CCCC1. The average molecular weight is 361 g/mol. The van der Waals surface area contributed by atoms with Crippen LogP contribution in [-0.2, 0) is 0 Å². The van der Waals surface area contributed by atoms with Crippen molar-refractivity contribution in [1.82, 2.24) is 19.5 Å². The van der Waals surface area contributed by atoms with Gasteiger partial charge in [0.1, 0.15) is 11.2 Å². The first-order valence-corrected chi connectivity index (χ1v) is 9.26. The van der Waals surface area contributed by atoms with E-state index in [9.17, 15) is 5.11 Å². The Kier molecular flexibility index (Phi) is 4.33. The summed E-state index contributed by atoms with van der Waals surface area (Å²) < 4.78 is 2.27. The molecule has 6 nitrogen and oxygen atoms in total. The fourth-order valence-corrected chi connectivity index (χ4v) is 3.61. The van der Waals surface area contributed by atoms with Crippen LogP contribution in [-0.4, -0.2) is 30.2 Å². The summed E-state index contributed by atoms with van der Waals surface area (Å²) in [7, 11) is 0. The summed E-state index contributed by atoms with van der Waals surface area (Å²) in [5, 5.41) is 10.9. The molecule has 0 bridgehead atoms. The molecule has 0 radical (unpaired) electrons. The molecule has 1 aliphatic carbocycles. The second-order valence-corrected chi connectivity index (χ2v) is 7.59. The van der Waals surface area contributed by atoms with Crippen molar-refractivity contribution in [3.63, 3.8) is 0 Å². The lowest BCUT2D eigenvalue weighted by atomic mass is 10.1. The predicted molar refractivity (Wildman–Crippen MR) is 106 cm³/mol. The van der Waals surface area contributed by atoms with Gasteiger partial charge in [0.2, 0.25) is 5.95 Å². The Morgan fingerprint density at radius 1 is 1.26 bits per heavy atom. The summed E-state index contributed by atoms with van der Waals surface area (Å²) >= 11 is 0. The minimum absolute atomic E-state index is 0.250. The first-order chi connectivity index (χ1) is 12.9. The van der Waals surface area contributed by atoms with E-state index in [1.165, 1.54) is 12.8 Å². The molecule has 0 saturated heterocycles. The van der Waals surface area contributed by atoms with Crippen LogP contribution in [0.2, 0.25) is 0 Å². The maximum Gasteiger partial charge on any atom is 0.220 e. The molecule has 1 saturated carbocycles. The van der Waals surface area contributed by atoms with E-state index in [0.29, 0.717) is 6.04 Å². The van der Waals surface area contributed by atoms with Gasteiger partial charge in [0.15, 0.2) is 0 Å². The summed E-state index contributed by atoms with van der Waals surface area (Å²) in [6.45, 7) is 3.33. The first kappa shape index (κ1) is 17.5. The molecule has 3 N–H and O–H groups in total. The fourth-order valence-electron chi connectivity index (χ4n) is 3.61. The number of hydrogen-bond acceptors (Lipinski definition) is 5. The fraction of sp³-hybridized carbons (Fsp3) is 0.381. The molecule has 138 valence electrons. The van der Waals surface area contributed by atoms with E-state index in [1.807, 2.05) is 12.1 Å². The van der Waals surface area contributed by atoms with E-state index in [2.05, 4.69) is 32.6 Å². The van der Waals surface area contributed by atoms with Crippen LogP contribution in [0.25, 0.3) is 22.3 Å². The zero-order valence-corrected chi connectivity index (χ0v) is 15.6. The number of aliphatic hydroxyl groups is 1. The van der Waals surface area contributed by atoms with Gasteiger partial charge in [0, 0.05) is 41.1 Å². The number of nitrogens with zero attached hydrogens (tertiary/aromatic N) is 4. The van der Waals surface area contributed by atoms with Gasteiger partial charge in [-0.2, -0.15) is 0 Å². The van der Waals surface area contributed by atoms with Crippen molar-refractivity contribution in [2.24, 2.45) is 0 Å². The monoisotopic (exact) mass is 361 g/mol. The molecule has 27 heavy (non-hydrogen) atoms. The summed E-state index contributed by atoms with van der Waals surface area (Å²) in [5.74, 6) is 6.11. The Morgan fingerprint density at radius 2 is 2.04 bits per heavy atom. The van der Waals surface area contributed by atoms with Crippen LogP contribution in [0.4, 0.5) is 5.95 Å². The number of rotatable bonds is 2. The van der Waals surface area contributed by atoms with Crippen molar-refractivity contribution in [2.45, 2.75) is 51.2 Å². The van der Waals surface area contributed by atoms with Crippen LogP contribution >= 0.6 is 0 Å². The molecule has 0 atom stereocenters. The van der Waals surface area contributed by atoms with Crippen LogP contribution in [0.5, 0.6) is 0 Å². The Bertz CT molecular complexity index is 1050. The Labute approximate surface area is 158 Å². The highest BCUT2D eigenvalue weighted by Crippen LogP contribution is 2.36. The molecule has 3 aromatic rings. The summed E-state index contributed by atoms with van der Waals surface area (Å²) in [4.78, 5) is 13.1. The average Bonchev–Trinajstić information content (AvgIpc) is 3.26. The van der Waals surface area contributed by atoms with Gasteiger partial charge in [-0.15, -0.1) is 0 Å². The number of pyridine rings is 1. The van der Waals surface area contributed by atoms with Gasteiger partial charge in [0.05, 0.1) is 5.69 Å². The standard InChI is InChI=1S/C21H23N5O/c1-21(2,27)9-7-14-11-16-17(18-8-10-23-20(22)25-18)13-26(19(16)24-12-14)15-5-3-4-6-15/h8,10-13,15,27H,3-6H2,1-2H3,(H2,22,23,25). The normalized spacial score (nSPS) is 15.1. The smallest absolute Gasteiger partial charge is 0.220 e. The zero-order chi connectivity index (χ0) is 19.0. The Hall–Kier alpha value is -2.91. The topological polar surface area (TPSA) is 89.8 Å². The van der Waals surface area contributed by atoms with E-state index in [1.54, 1.807) is 26.2 Å². The number of fused-ring (bicyclic) bond motifs is 1. The number of hydrogen-bond donors (Lipinski definition) is 2. The van der Waals surface area contributed by atoms with Crippen LogP contribution in [0.3, 0.4) is 0 Å². The molecule has 0 unspecified atom stereocenters. The van der Waals surface area contributed by atoms with Crippen LogP contribution in [0.1, 0.15) is 51.1 Å². The van der Waals surface area contributed by atoms with Gasteiger partial charge in [-0.3, -0.25) is 0 Å². The van der Waals surface area contributed by atoms with E-state index < -0.39 is 5.60 Å². The molecule has 6 heteroatoms. The van der Waals surface area contributed by atoms with Crippen molar-refractivity contribution in [3.8, 4) is 23.1 Å². The van der Waals surface area contributed by atoms with Gasteiger partial charge < -0.3 is 15.4 Å². The molecule has 0 aliphatic heterocycles. The second-order valence-electron chi connectivity index (χ2n) is 7.59. The van der Waals surface area contributed by atoms with Gasteiger partial charge in [-0.25, -0.2) is 15.0 Å². The van der Waals surface area contributed by atoms with Crippen molar-refractivity contribution in [3.05, 3.63) is 36.3 Å². The second kappa shape index (κ2) is 6.67. The number of nitrogen functional groups attached to an aromatic ring is 1. The maximum atomic E-state index is 9.87. The van der Waals surface area contributed by atoms with Crippen molar-refractivity contribution < 1.29 is 5.11 Å². The molecule has 0 amide bonds. The molecule has 3 aromatic heterocycles. The third-order valence-corrected chi connectivity index (χ3v) is 4.85. The largest absolute Gasteiger partial charge is 0.378 e. The molecular weight excluding hydrogens is 338 g/mol. The molecular formula is C21H23N5O. The third kappa shape index (κ3) is 3.64. The molecule has 4 rings (SSSR count). The van der Waals surface area contributed by atoms with E-state index in [0.717, 1.165) is 40.7 Å². The lowest BCUT2D eigenvalue weighted by Crippen LogP contribution is -2.14. The van der Waals surface area contributed by atoms with Crippen LogP contribution in [0.15, 0.2) is 30.7 Å². The Morgan fingerprint density at radius 3 is 2.74 bits per heavy atom. The zero-order valence-electron chi connectivity index (χ0n) is 15.6. The predicted octanol–water partition coefficient (Wildman–Crippen LogP) is 3.31. The molecule has 3 heterocycles. The van der Waals surface area contributed by atoms with E-state index in [-0.39, 0.29) is 5.95 Å². The van der Waals surface area contributed by atoms with E-state index in [4.69, 9.17) is 10.7 Å². The molecule has 0 spiro atoms. The van der Waals surface area contributed by atoms with Gasteiger partial charge >= 0.3 is 0 Å². The highest BCUT2D eigenvalue weighted by atomic mass is 16.3. The van der Waals surface area contributed by atoms with Gasteiger partial charge in [0.25, 0.3) is 0 Å². The molecule has 1 fully saturated rings. The lowest BCUT2D eigenvalue weighted by molar-refractivity contribution is 0.143. The number of aromatic nitrogens is 4. The maximum absolute atomic E-state index is 9.87. The minimum Gasteiger partial charge on any atom is -0.378 e. The van der Waals surface area contributed by atoms with Crippen molar-refractivity contribution in [2.75, 3.05) is 5.73 Å². The lowest BCUT2D eigenvalue weighted by Gasteiger charge is -2.12. The third-order valence-electron chi connectivity index (χ3n) is 4.85. The summed E-state index contributed by atoms with van der Waals surface area (Å²) in [5.41, 5.74) is 8.20. The van der Waals surface area contributed by atoms with Crippen LogP contribution in [0, 0.1) is 11.8 Å². The molecule has 1 aliphatic rings. The highest BCUT2D eigenvalue weighted by Gasteiger charge is 2.22. The quantitative estimate of drug-likeness (QED) is 0.684.